The van der Waals surface area contributed by atoms with Gasteiger partial charge in [0.2, 0.25) is 5.82 Å². The van der Waals surface area contributed by atoms with Crippen LogP contribution >= 0.6 is 23.2 Å². The molecule has 0 fully saturated rings. The Morgan fingerprint density at radius 1 is 0.903 bits per heavy atom. The highest BCUT2D eigenvalue weighted by molar-refractivity contribution is 6.34. The van der Waals surface area contributed by atoms with Crippen molar-refractivity contribution in [2.45, 2.75) is 20.8 Å². The molecule has 1 N–H and O–H groups in total. The van der Waals surface area contributed by atoms with E-state index >= 15 is 0 Å². The number of benzene rings is 3. The van der Waals surface area contributed by atoms with Crippen LogP contribution in [-0.4, -0.2) is 20.7 Å². The van der Waals surface area contributed by atoms with Crippen LogP contribution in [-0.2, 0) is 0 Å². The van der Waals surface area contributed by atoms with E-state index in [1.54, 1.807) is 22.9 Å². The summed E-state index contributed by atoms with van der Waals surface area (Å²) in [6.07, 6.45) is 0. The molecule has 31 heavy (non-hydrogen) atoms. The number of amides is 1. The second-order valence-corrected chi connectivity index (χ2v) is 8.13. The van der Waals surface area contributed by atoms with Crippen molar-refractivity contribution in [1.29, 1.82) is 0 Å². The summed E-state index contributed by atoms with van der Waals surface area (Å²) in [6.45, 7) is 5.93. The van der Waals surface area contributed by atoms with Gasteiger partial charge in [0.1, 0.15) is 0 Å². The van der Waals surface area contributed by atoms with Crippen molar-refractivity contribution >= 4 is 34.8 Å². The molecular weight excluding hydrogens is 431 g/mol. The predicted octanol–water partition coefficient (Wildman–Crippen LogP) is 6.42. The highest BCUT2D eigenvalue weighted by Gasteiger charge is 2.21. The fraction of sp³-hybridized carbons (Fsp3) is 0.125. The maximum Gasteiger partial charge on any atom is 0.295 e. The zero-order valence-electron chi connectivity index (χ0n) is 17.3. The average Bonchev–Trinajstić information content (AvgIpc) is 3.18. The first kappa shape index (κ1) is 21.1. The van der Waals surface area contributed by atoms with Gasteiger partial charge in [-0.25, -0.2) is 9.67 Å². The maximum absolute atomic E-state index is 13.0. The summed E-state index contributed by atoms with van der Waals surface area (Å²) >= 11 is 12.3. The second kappa shape index (κ2) is 8.53. The molecule has 7 heteroatoms. The summed E-state index contributed by atoms with van der Waals surface area (Å²) in [6, 6.07) is 18.7. The molecule has 0 atom stereocenters. The molecule has 0 saturated carbocycles. The zero-order valence-corrected chi connectivity index (χ0v) is 18.8. The molecule has 1 heterocycles. The van der Waals surface area contributed by atoms with Gasteiger partial charge in [0, 0.05) is 10.6 Å². The van der Waals surface area contributed by atoms with Crippen LogP contribution in [0.1, 0.15) is 27.3 Å². The highest BCUT2D eigenvalue weighted by Crippen LogP contribution is 2.28. The van der Waals surface area contributed by atoms with E-state index in [1.165, 1.54) is 0 Å². The highest BCUT2D eigenvalue weighted by atomic mass is 35.5. The molecule has 0 aliphatic heterocycles. The van der Waals surface area contributed by atoms with E-state index in [-0.39, 0.29) is 5.82 Å². The van der Waals surface area contributed by atoms with E-state index in [1.807, 2.05) is 63.2 Å². The van der Waals surface area contributed by atoms with Crippen LogP contribution in [0, 0.1) is 20.8 Å². The zero-order chi connectivity index (χ0) is 22.1. The van der Waals surface area contributed by atoms with Crippen molar-refractivity contribution in [1.82, 2.24) is 14.8 Å². The molecular formula is C24H20Cl2N4O. The second-order valence-electron chi connectivity index (χ2n) is 7.28. The number of anilines is 1. The topological polar surface area (TPSA) is 59.8 Å². The van der Waals surface area contributed by atoms with Crippen LogP contribution in [0.15, 0.2) is 60.7 Å². The summed E-state index contributed by atoms with van der Waals surface area (Å²) in [4.78, 5) is 17.6. The SMILES string of the molecule is Cc1cccc(-n2nc(C(=O)Nc3c(C)cccc3Cl)nc2-c2ccc(Cl)cc2)c1C. The van der Waals surface area contributed by atoms with Gasteiger partial charge in [0.15, 0.2) is 5.82 Å². The fourth-order valence-corrected chi connectivity index (χ4v) is 3.68. The fourth-order valence-electron chi connectivity index (χ4n) is 3.29. The van der Waals surface area contributed by atoms with Crippen molar-refractivity contribution in [3.8, 4) is 17.1 Å². The molecule has 4 rings (SSSR count). The van der Waals surface area contributed by atoms with Gasteiger partial charge in [-0.05, 0) is 73.9 Å². The van der Waals surface area contributed by atoms with Crippen LogP contribution in [0.3, 0.4) is 0 Å². The number of hydrogen-bond donors (Lipinski definition) is 1. The van der Waals surface area contributed by atoms with Gasteiger partial charge in [-0.15, -0.1) is 5.10 Å². The van der Waals surface area contributed by atoms with Crippen molar-refractivity contribution in [2.75, 3.05) is 5.32 Å². The third kappa shape index (κ3) is 4.20. The number of rotatable bonds is 4. The first-order valence-corrected chi connectivity index (χ1v) is 10.5. The van der Waals surface area contributed by atoms with E-state index in [2.05, 4.69) is 15.4 Å². The monoisotopic (exact) mass is 450 g/mol. The van der Waals surface area contributed by atoms with Crippen molar-refractivity contribution in [2.24, 2.45) is 0 Å². The summed E-state index contributed by atoms with van der Waals surface area (Å²) in [5.74, 6) is 0.159. The first-order valence-electron chi connectivity index (χ1n) is 9.71. The van der Waals surface area contributed by atoms with Crippen molar-refractivity contribution in [3.63, 3.8) is 0 Å². The average molecular weight is 451 g/mol. The number of carbonyl (C=O) groups excluding carboxylic acids is 1. The van der Waals surface area contributed by atoms with Crippen LogP contribution in [0.2, 0.25) is 10.0 Å². The number of nitrogens with zero attached hydrogens (tertiary/aromatic N) is 3. The summed E-state index contributed by atoms with van der Waals surface area (Å²) in [5, 5.41) is 8.47. The molecule has 0 saturated heterocycles. The molecule has 0 aliphatic carbocycles. The number of aromatic nitrogens is 3. The summed E-state index contributed by atoms with van der Waals surface area (Å²) < 4.78 is 1.69. The Kier molecular flexibility index (Phi) is 5.81. The number of para-hydroxylation sites is 1. The molecule has 0 spiro atoms. The minimum absolute atomic E-state index is 0.0465. The van der Waals surface area contributed by atoms with Gasteiger partial charge in [-0.3, -0.25) is 4.79 Å². The van der Waals surface area contributed by atoms with Gasteiger partial charge in [-0.2, -0.15) is 0 Å². The van der Waals surface area contributed by atoms with Crippen LogP contribution < -0.4 is 5.32 Å². The first-order chi connectivity index (χ1) is 14.8. The van der Waals surface area contributed by atoms with E-state index < -0.39 is 5.91 Å². The summed E-state index contributed by atoms with van der Waals surface area (Å²) in [7, 11) is 0. The predicted molar refractivity (Wildman–Crippen MR) is 125 cm³/mol. The van der Waals surface area contributed by atoms with Gasteiger partial charge >= 0.3 is 0 Å². The number of hydrogen-bond acceptors (Lipinski definition) is 3. The Hall–Kier alpha value is -3.15. The van der Waals surface area contributed by atoms with Crippen molar-refractivity contribution in [3.05, 3.63) is 93.2 Å². The minimum atomic E-state index is -0.435. The van der Waals surface area contributed by atoms with Gasteiger partial charge < -0.3 is 5.32 Å². The molecule has 5 nitrogen and oxygen atoms in total. The van der Waals surface area contributed by atoms with Crippen LogP contribution in [0.25, 0.3) is 17.1 Å². The number of halogens is 2. The number of carbonyl (C=O) groups is 1. The lowest BCUT2D eigenvalue weighted by Gasteiger charge is -2.11. The standard InChI is InChI=1S/C24H20Cl2N4O/c1-14-6-5-9-20(16(14)3)30-23(17-10-12-18(25)13-11-17)28-22(29-30)24(31)27-21-15(2)7-4-8-19(21)26/h4-13H,1-3H3,(H,27,31). The van der Waals surface area contributed by atoms with Gasteiger partial charge in [0.05, 0.1) is 16.4 Å². The van der Waals surface area contributed by atoms with E-state index in [9.17, 15) is 4.79 Å². The van der Waals surface area contributed by atoms with E-state index in [0.29, 0.717) is 21.6 Å². The quantitative estimate of drug-likeness (QED) is 0.390. The minimum Gasteiger partial charge on any atom is -0.318 e. The lowest BCUT2D eigenvalue weighted by Crippen LogP contribution is -2.15. The molecule has 1 aromatic heterocycles. The number of nitrogens with one attached hydrogen (secondary N) is 1. The Bertz CT molecular complexity index is 1260. The molecule has 156 valence electrons. The lowest BCUT2D eigenvalue weighted by atomic mass is 10.1. The number of aryl methyl sites for hydroxylation is 2. The summed E-state index contributed by atoms with van der Waals surface area (Å²) in [5.41, 5.74) is 5.22. The molecule has 0 radical (unpaired) electrons. The molecule has 4 aromatic rings. The third-order valence-electron chi connectivity index (χ3n) is 5.18. The normalized spacial score (nSPS) is 10.9. The Morgan fingerprint density at radius 3 is 2.29 bits per heavy atom. The molecule has 0 bridgehead atoms. The third-order valence-corrected chi connectivity index (χ3v) is 5.74. The van der Waals surface area contributed by atoms with E-state index in [0.717, 1.165) is 27.9 Å². The Balaban J connectivity index is 1.82. The van der Waals surface area contributed by atoms with Gasteiger partial charge in [0.25, 0.3) is 5.91 Å². The largest absolute Gasteiger partial charge is 0.318 e. The Labute approximate surface area is 190 Å². The smallest absolute Gasteiger partial charge is 0.295 e. The molecule has 0 unspecified atom stereocenters. The molecule has 3 aromatic carbocycles. The molecule has 1 amide bonds. The van der Waals surface area contributed by atoms with Crippen molar-refractivity contribution < 1.29 is 4.79 Å². The maximum atomic E-state index is 13.0. The Morgan fingerprint density at radius 2 is 1.58 bits per heavy atom. The van der Waals surface area contributed by atoms with Crippen LogP contribution in [0.4, 0.5) is 5.69 Å². The lowest BCUT2D eigenvalue weighted by molar-refractivity contribution is 0.101. The van der Waals surface area contributed by atoms with Gasteiger partial charge in [-0.1, -0.05) is 47.5 Å². The van der Waals surface area contributed by atoms with E-state index in [4.69, 9.17) is 23.2 Å². The molecule has 0 aliphatic rings. The van der Waals surface area contributed by atoms with Crippen LogP contribution in [0.5, 0.6) is 0 Å².